The molecule has 2 aromatic carbocycles. The van der Waals surface area contributed by atoms with E-state index in [-0.39, 0.29) is 29.0 Å². The molecule has 2 saturated heterocycles. The van der Waals surface area contributed by atoms with E-state index in [0.717, 1.165) is 0 Å². The van der Waals surface area contributed by atoms with Gasteiger partial charge in [-0.1, -0.05) is 42.1 Å². The normalized spacial score (nSPS) is 24.3. The monoisotopic (exact) mass is 420 g/mol. The number of halogens is 1. The number of para-hydroxylation sites is 2. The van der Waals surface area contributed by atoms with E-state index in [1.807, 2.05) is 6.07 Å². The number of hydrogen-bond donors (Lipinski definition) is 0. The van der Waals surface area contributed by atoms with Gasteiger partial charge in [0.1, 0.15) is 11.6 Å². The summed E-state index contributed by atoms with van der Waals surface area (Å²) in [4.78, 5) is 18.0. The van der Waals surface area contributed by atoms with Crippen molar-refractivity contribution in [2.75, 3.05) is 23.0 Å². The van der Waals surface area contributed by atoms with E-state index in [1.54, 1.807) is 42.5 Å². The van der Waals surface area contributed by atoms with Crippen LogP contribution in [0.2, 0.25) is 0 Å². The Morgan fingerprint density at radius 3 is 2.61 bits per heavy atom. The molecule has 0 aliphatic carbocycles. The van der Waals surface area contributed by atoms with E-state index in [1.165, 1.54) is 22.7 Å². The molecule has 0 aromatic heterocycles. The predicted molar refractivity (Wildman–Crippen MR) is 107 cm³/mol. The molecule has 0 saturated carbocycles. The van der Waals surface area contributed by atoms with Crippen molar-refractivity contribution < 1.29 is 22.3 Å². The van der Waals surface area contributed by atoms with Crippen molar-refractivity contribution in [3.05, 3.63) is 60.4 Å². The number of ether oxygens (including phenoxy) is 1. The van der Waals surface area contributed by atoms with Gasteiger partial charge in [0, 0.05) is 5.25 Å². The Morgan fingerprint density at radius 1 is 1.14 bits per heavy atom. The van der Waals surface area contributed by atoms with Gasteiger partial charge in [-0.3, -0.25) is 4.79 Å². The van der Waals surface area contributed by atoms with Crippen LogP contribution in [0.4, 0.5) is 10.1 Å². The quantitative estimate of drug-likeness (QED) is 0.757. The van der Waals surface area contributed by atoms with Crippen LogP contribution in [-0.2, 0) is 14.6 Å². The highest BCUT2D eigenvalue weighted by molar-refractivity contribution is 8.16. The molecule has 4 rings (SSSR count). The Kier molecular flexibility index (Phi) is 5.11. The predicted octanol–water partition coefficient (Wildman–Crippen LogP) is 2.51. The zero-order valence-corrected chi connectivity index (χ0v) is 16.3. The second-order valence-electron chi connectivity index (χ2n) is 6.51. The zero-order chi connectivity index (χ0) is 19.7. The van der Waals surface area contributed by atoms with E-state index >= 15 is 0 Å². The Balaban J connectivity index is 1.59. The number of rotatable bonds is 4. The Labute approximate surface area is 166 Å². The van der Waals surface area contributed by atoms with Crippen molar-refractivity contribution in [1.29, 1.82) is 0 Å². The number of sulfone groups is 1. The van der Waals surface area contributed by atoms with Crippen LogP contribution < -0.4 is 9.64 Å². The lowest BCUT2D eigenvalue weighted by Crippen LogP contribution is -2.38. The highest BCUT2D eigenvalue weighted by atomic mass is 32.2. The first-order chi connectivity index (χ1) is 13.4. The van der Waals surface area contributed by atoms with Gasteiger partial charge in [0.2, 0.25) is 0 Å². The van der Waals surface area contributed by atoms with Gasteiger partial charge >= 0.3 is 0 Å². The highest BCUT2D eigenvalue weighted by Crippen LogP contribution is 2.41. The topological polar surface area (TPSA) is 76.0 Å². The van der Waals surface area contributed by atoms with Crippen molar-refractivity contribution >= 4 is 38.4 Å². The summed E-state index contributed by atoms with van der Waals surface area (Å²) in [5.74, 6) is -0.568. The summed E-state index contributed by atoms with van der Waals surface area (Å²) < 4.78 is 43.9. The molecule has 0 bridgehead atoms. The van der Waals surface area contributed by atoms with Gasteiger partial charge < -0.3 is 9.64 Å². The minimum atomic E-state index is -3.21. The van der Waals surface area contributed by atoms with Gasteiger partial charge in [-0.25, -0.2) is 12.8 Å². The summed E-state index contributed by atoms with van der Waals surface area (Å²) in [5.41, 5.74) is 0.218. The molecule has 146 valence electrons. The second-order valence-corrected chi connectivity index (χ2v) is 9.87. The number of amidine groups is 1. The summed E-state index contributed by atoms with van der Waals surface area (Å²) in [5, 5.41) is 0.0165. The molecular formula is C19H17FN2O4S2. The molecule has 1 amide bonds. The number of carbonyl (C=O) groups is 1. The van der Waals surface area contributed by atoms with Gasteiger partial charge in [-0.15, -0.1) is 0 Å². The third-order valence-corrected chi connectivity index (χ3v) is 7.71. The van der Waals surface area contributed by atoms with Crippen LogP contribution in [0.25, 0.3) is 0 Å². The number of benzene rings is 2. The minimum absolute atomic E-state index is 0.0129. The molecule has 2 heterocycles. The fourth-order valence-electron chi connectivity index (χ4n) is 3.29. The Hall–Kier alpha value is -2.39. The standard InChI is InChI=1S/C19H17FN2O4S2/c20-14-8-4-5-9-15(14)22-16-11-28(24,25)12-17(16)27-19(22)21-18(23)10-26-13-6-2-1-3-7-13/h1-9,16-17H,10-12H2/t16-,17+/m1/s1. The largest absolute Gasteiger partial charge is 0.484 e. The average molecular weight is 420 g/mol. The maximum atomic E-state index is 14.4. The van der Waals surface area contributed by atoms with Gasteiger partial charge in [0.25, 0.3) is 5.91 Å². The van der Waals surface area contributed by atoms with Crippen LogP contribution in [0.3, 0.4) is 0 Å². The number of anilines is 1. The Bertz CT molecular complexity index is 1030. The first kappa shape index (κ1) is 18.9. The number of aliphatic imine (C=N–C) groups is 1. The lowest BCUT2D eigenvalue weighted by Gasteiger charge is -2.24. The number of amides is 1. The van der Waals surface area contributed by atoms with Crippen molar-refractivity contribution in [2.24, 2.45) is 4.99 Å². The molecule has 6 nitrogen and oxygen atoms in total. The first-order valence-electron chi connectivity index (χ1n) is 8.63. The SMILES string of the molecule is O=C(COc1ccccc1)N=C1S[C@H]2CS(=O)(=O)C[C@H]2N1c1ccccc1F. The van der Waals surface area contributed by atoms with Crippen molar-refractivity contribution in [1.82, 2.24) is 0 Å². The van der Waals surface area contributed by atoms with Crippen molar-refractivity contribution in [3.63, 3.8) is 0 Å². The van der Waals surface area contributed by atoms with Crippen LogP contribution in [-0.4, -0.2) is 48.9 Å². The van der Waals surface area contributed by atoms with Gasteiger partial charge in [0.05, 0.1) is 23.2 Å². The van der Waals surface area contributed by atoms with E-state index in [2.05, 4.69) is 4.99 Å². The smallest absolute Gasteiger partial charge is 0.285 e. The molecule has 0 spiro atoms. The Morgan fingerprint density at radius 2 is 1.86 bits per heavy atom. The highest BCUT2D eigenvalue weighted by Gasteiger charge is 2.49. The molecule has 2 fully saturated rings. The molecule has 0 unspecified atom stereocenters. The molecule has 9 heteroatoms. The average Bonchev–Trinajstić information content (AvgIpc) is 3.12. The summed E-state index contributed by atoms with van der Waals surface area (Å²) in [6.07, 6.45) is 0. The molecule has 2 atom stereocenters. The minimum Gasteiger partial charge on any atom is -0.484 e. The first-order valence-corrected chi connectivity index (χ1v) is 11.3. The summed E-state index contributed by atoms with van der Waals surface area (Å²) in [7, 11) is -3.21. The number of nitrogens with zero attached hydrogens (tertiary/aromatic N) is 2. The van der Waals surface area contributed by atoms with Crippen LogP contribution in [0.1, 0.15) is 0 Å². The molecule has 2 aliphatic heterocycles. The van der Waals surface area contributed by atoms with E-state index in [9.17, 15) is 17.6 Å². The van der Waals surface area contributed by atoms with Crippen LogP contribution in [0, 0.1) is 5.82 Å². The molecule has 28 heavy (non-hydrogen) atoms. The number of carbonyl (C=O) groups excluding carboxylic acids is 1. The van der Waals surface area contributed by atoms with E-state index in [0.29, 0.717) is 10.9 Å². The number of thioether (sulfide) groups is 1. The van der Waals surface area contributed by atoms with Gasteiger partial charge in [-0.2, -0.15) is 4.99 Å². The van der Waals surface area contributed by atoms with E-state index in [4.69, 9.17) is 4.74 Å². The number of hydrogen-bond acceptors (Lipinski definition) is 5. The molecule has 0 radical (unpaired) electrons. The molecule has 2 aliphatic rings. The third-order valence-electron chi connectivity index (χ3n) is 4.50. The molecular weight excluding hydrogens is 403 g/mol. The van der Waals surface area contributed by atoms with Gasteiger partial charge in [-0.05, 0) is 24.3 Å². The van der Waals surface area contributed by atoms with Crippen LogP contribution >= 0.6 is 11.8 Å². The fraction of sp³-hybridized carbons (Fsp3) is 0.263. The van der Waals surface area contributed by atoms with Crippen molar-refractivity contribution in [3.8, 4) is 5.75 Å². The van der Waals surface area contributed by atoms with Crippen molar-refractivity contribution in [2.45, 2.75) is 11.3 Å². The lowest BCUT2D eigenvalue weighted by molar-refractivity contribution is -0.119. The fourth-order valence-corrected chi connectivity index (χ4v) is 7.22. The van der Waals surface area contributed by atoms with Gasteiger partial charge in [0.15, 0.2) is 21.6 Å². The summed E-state index contributed by atoms with van der Waals surface area (Å²) in [6.45, 7) is -0.257. The maximum Gasteiger partial charge on any atom is 0.285 e. The molecule has 0 N–H and O–H groups in total. The summed E-state index contributed by atoms with van der Waals surface area (Å²) >= 11 is 1.20. The summed E-state index contributed by atoms with van der Waals surface area (Å²) in [6, 6.07) is 14.5. The zero-order valence-electron chi connectivity index (χ0n) is 14.7. The van der Waals surface area contributed by atoms with Crippen LogP contribution in [0.5, 0.6) is 5.75 Å². The van der Waals surface area contributed by atoms with E-state index < -0.39 is 27.6 Å². The molecule has 2 aromatic rings. The van der Waals surface area contributed by atoms with Crippen LogP contribution in [0.15, 0.2) is 59.6 Å². The maximum absolute atomic E-state index is 14.4. The second kappa shape index (κ2) is 7.56. The third kappa shape index (κ3) is 3.90. The lowest BCUT2D eigenvalue weighted by atomic mass is 10.2. The number of fused-ring (bicyclic) bond motifs is 1.